The van der Waals surface area contributed by atoms with Crippen LogP contribution >= 0.6 is 23.2 Å². The van der Waals surface area contributed by atoms with Gasteiger partial charge in [-0.2, -0.15) is 0 Å². The molecule has 0 saturated heterocycles. The lowest BCUT2D eigenvalue weighted by Crippen LogP contribution is -2.35. The standard InChI is InChI=1S/C28H26Cl2FNO4/c1-28(14-19-2-7-22(29)8-3-19)15-21-12-18(5-10-25(21)36-28)6-11-26(33)32(17-27(34)35)16-20-4-9-24(31)23(30)13-20/h2-5,7-10,12-13H,6,11,14-17H2,1H3,(H,34,35). The number of fused-ring (bicyclic) bond motifs is 1. The summed E-state index contributed by atoms with van der Waals surface area (Å²) in [5.41, 5.74) is 3.38. The SMILES string of the molecule is CC1(Cc2ccc(Cl)cc2)Cc2cc(CCC(=O)N(CC(=O)O)Cc3ccc(F)c(Cl)c3)ccc2O1. The Bertz CT molecular complexity index is 1280. The van der Waals surface area contributed by atoms with Crippen molar-refractivity contribution >= 4 is 35.1 Å². The van der Waals surface area contributed by atoms with E-state index in [9.17, 15) is 19.1 Å². The van der Waals surface area contributed by atoms with Gasteiger partial charge in [-0.05, 0) is 65.9 Å². The van der Waals surface area contributed by atoms with Crippen molar-refractivity contribution in [3.8, 4) is 5.75 Å². The van der Waals surface area contributed by atoms with Crippen molar-refractivity contribution in [3.05, 3.63) is 98.8 Å². The number of carbonyl (C=O) groups is 2. The second-order valence-electron chi connectivity index (χ2n) is 9.37. The molecule has 188 valence electrons. The summed E-state index contributed by atoms with van der Waals surface area (Å²) in [4.78, 5) is 25.5. The van der Waals surface area contributed by atoms with Gasteiger partial charge in [-0.15, -0.1) is 0 Å². The number of nitrogens with zero attached hydrogens (tertiary/aromatic N) is 1. The second-order valence-corrected chi connectivity index (χ2v) is 10.2. The summed E-state index contributed by atoms with van der Waals surface area (Å²) in [7, 11) is 0. The summed E-state index contributed by atoms with van der Waals surface area (Å²) < 4.78 is 19.7. The minimum absolute atomic E-state index is 0.0339. The van der Waals surface area contributed by atoms with E-state index in [2.05, 4.69) is 13.0 Å². The lowest BCUT2D eigenvalue weighted by Gasteiger charge is -2.24. The number of hydrogen-bond donors (Lipinski definition) is 1. The molecule has 1 heterocycles. The zero-order valence-corrected chi connectivity index (χ0v) is 21.3. The molecule has 1 amide bonds. The molecule has 1 atom stereocenters. The van der Waals surface area contributed by atoms with Crippen LogP contribution in [0.1, 0.15) is 35.6 Å². The summed E-state index contributed by atoms with van der Waals surface area (Å²) in [5, 5.41) is 9.89. The third-order valence-electron chi connectivity index (χ3n) is 6.20. The Morgan fingerprint density at radius 1 is 1.03 bits per heavy atom. The van der Waals surface area contributed by atoms with Crippen LogP contribution in [0.2, 0.25) is 10.0 Å². The molecule has 1 unspecified atom stereocenters. The number of carbonyl (C=O) groups excluding carboxylic acids is 1. The van der Waals surface area contributed by atoms with E-state index in [1.54, 1.807) is 0 Å². The maximum absolute atomic E-state index is 13.5. The lowest BCUT2D eigenvalue weighted by atomic mass is 9.91. The highest BCUT2D eigenvalue weighted by Gasteiger charge is 2.35. The van der Waals surface area contributed by atoms with Crippen LogP contribution in [0, 0.1) is 5.82 Å². The van der Waals surface area contributed by atoms with Crippen molar-refractivity contribution < 1.29 is 23.8 Å². The Morgan fingerprint density at radius 2 is 1.72 bits per heavy atom. The van der Waals surface area contributed by atoms with Crippen LogP contribution in [0.25, 0.3) is 0 Å². The van der Waals surface area contributed by atoms with Gasteiger partial charge in [0.15, 0.2) is 0 Å². The fraction of sp³-hybridized carbons (Fsp3) is 0.286. The highest BCUT2D eigenvalue weighted by molar-refractivity contribution is 6.31. The van der Waals surface area contributed by atoms with Gasteiger partial charge in [-0.25, -0.2) is 4.39 Å². The van der Waals surface area contributed by atoms with E-state index in [0.717, 1.165) is 35.3 Å². The summed E-state index contributed by atoms with van der Waals surface area (Å²) in [6, 6.07) is 17.8. The monoisotopic (exact) mass is 529 g/mol. The molecule has 4 rings (SSSR count). The van der Waals surface area contributed by atoms with Crippen molar-refractivity contribution in [2.24, 2.45) is 0 Å². The van der Waals surface area contributed by atoms with Crippen molar-refractivity contribution in [1.82, 2.24) is 4.90 Å². The van der Waals surface area contributed by atoms with Crippen LogP contribution < -0.4 is 4.74 Å². The van der Waals surface area contributed by atoms with Crippen molar-refractivity contribution in [2.75, 3.05) is 6.54 Å². The first-order valence-electron chi connectivity index (χ1n) is 11.6. The molecular weight excluding hydrogens is 504 g/mol. The molecule has 5 nitrogen and oxygen atoms in total. The van der Waals surface area contributed by atoms with E-state index in [0.29, 0.717) is 17.0 Å². The van der Waals surface area contributed by atoms with Gasteiger partial charge in [0.25, 0.3) is 0 Å². The molecule has 0 bridgehead atoms. The Morgan fingerprint density at radius 3 is 2.42 bits per heavy atom. The largest absolute Gasteiger partial charge is 0.487 e. The molecule has 0 radical (unpaired) electrons. The zero-order valence-electron chi connectivity index (χ0n) is 19.8. The fourth-order valence-corrected chi connectivity index (χ4v) is 4.86. The second kappa shape index (κ2) is 10.9. The number of aliphatic carboxylic acids is 1. The number of carboxylic acids is 1. The normalized spacial score (nSPS) is 16.3. The minimum Gasteiger partial charge on any atom is -0.487 e. The Hall–Kier alpha value is -3.09. The molecule has 8 heteroatoms. The molecule has 3 aromatic carbocycles. The summed E-state index contributed by atoms with van der Waals surface area (Å²) in [5.74, 6) is -1.16. The molecule has 0 fully saturated rings. The molecule has 3 aromatic rings. The topological polar surface area (TPSA) is 66.8 Å². The molecule has 0 saturated carbocycles. The predicted octanol–water partition coefficient (Wildman–Crippen LogP) is 6.11. The Labute approximate surface area is 219 Å². The average Bonchev–Trinajstić information content (AvgIpc) is 3.15. The zero-order chi connectivity index (χ0) is 25.9. The maximum Gasteiger partial charge on any atom is 0.323 e. The molecule has 1 N–H and O–H groups in total. The number of benzene rings is 3. The van der Waals surface area contributed by atoms with Crippen LogP contribution in [-0.4, -0.2) is 34.0 Å². The van der Waals surface area contributed by atoms with E-state index in [4.69, 9.17) is 27.9 Å². The fourth-order valence-electron chi connectivity index (χ4n) is 4.53. The quantitative estimate of drug-likeness (QED) is 0.362. The summed E-state index contributed by atoms with van der Waals surface area (Å²) >= 11 is 11.8. The minimum atomic E-state index is -1.12. The van der Waals surface area contributed by atoms with E-state index in [-0.39, 0.29) is 29.5 Å². The molecule has 1 aliphatic heterocycles. The number of carboxylic acid groups (broad SMARTS) is 1. The molecule has 1 aliphatic rings. The highest BCUT2D eigenvalue weighted by atomic mass is 35.5. The van der Waals surface area contributed by atoms with Gasteiger partial charge in [0, 0.05) is 30.8 Å². The van der Waals surface area contributed by atoms with Gasteiger partial charge >= 0.3 is 5.97 Å². The maximum atomic E-state index is 13.5. The van der Waals surface area contributed by atoms with Gasteiger partial charge in [0.2, 0.25) is 5.91 Å². The summed E-state index contributed by atoms with van der Waals surface area (Å²) in [6.45, 7) is 1.66. The van der Waals surface area contributed by atoms with Crippen LogP contribution in [0.3, 0.4) is 0 Å². The number of amides is 1. The molecule has 0 aromatic heterocycles. The predicted molar refractivity (Wildman–Crippen MR) is 137 cm³/mol. The van der Waals surface area contributed by atoms with Gasteiger partial charge in [-0.1, -0.05) is 53.5 Å². The van der Waals surface area contributed by atoms with Crippen molar-refractivity contribution in [3.63, 3.8) is 0 Å². The highest BCUT2D eigenvalue weighted by Crippen LogP contribution is 2.37. The number of rotatable bonds is 9. The smallest absolute Gasteiger partial charge is 0.323 e. The molecule has 0 spiro atoms. The number of halogens is 3. The van der Waals surface area contributed by atoms with Crippen LogP contribution in [0.4, 0.5) is 4.39 Å². The van der Waals surface area contributed by atoms with Gasteiger partial charge in [0.1, 0.15) is 23.7 Å². The van der Waals surface area contributed by atoms with Crippen LogP contribution in [0.5, 0.6) is 5.75 Å². The van der Waals surface area contributed by atoms with Crippen molar-refractivity contribution in [1.29, 1.82) is 0 Å². The molecule has 0 aliphatic carbocycles. The van der Waals surface area contributed by atoms with Gasteiger partial charge in [0.05, 0.1) is 5.02 Å². The third-order valence-corrected chi connectivity index (χ3v) is 6.74. The first kappa shape index (κ1) is 26.0. The van der Waals surface area contributed by atoms with Crippen LogP contribution in [-0.2, 0) is 35.4 Å². The van der Waals surface area contributed by atoms with Crippen molar-refractivity contribution in [2.45, 2.75) is 44.8 Å². The first-order chi connectivity index (χ1) is 17.1. The van der Waals surface area contributed by atoms with E-state index >= 15 is 0 Å². The number of hydrogen-bond acceptors (Lipinski definition) is 3. The van der Waals surface area contributed by atoms with E-state index < -0.39 is 18.3 Å². The Kier molecular flexibility index (Phi) is 7.86. The third kappa shape index (κ3) is 6.56. The number of aryl methyl sites for hydroxylation is 1. The molecule has 36 heavy (non-hydrogen) atoms. The van der Waals surface area contributed by atoms with Gasteiger partial charge in [-0.3, -0.25) is 9.59 Å². The van der Waals surface area contributed by atoms with E-state index in [1.165, 1.54) is 23.1 Å². The number of ether oxygens (including phenoxy) is 1. The van der Waals surface area contributed by atoms with E-state index in [1.807, 2.05) is 36.4 Å². The summed E-state index contributed by atoms with van der Waals surface area (Å²) in [6.07, 6.45) is 2.08. The Balaban J connectivity index is 1.39. The van der Waals surface area contributed by atoms with Crippen LogP contribution in [0.15, 0.2) is 60.7 Å². The average molecular weight is 530 g/mol. The first-order valence-corrected chi connectivity index (χ1v) is 12.3. The lowest BCUT2D eigenvalue weighted by molar-refractivity contribution is -0.144. The molecular formula is C28H26Cl2FNO4. The van der Waals surface area contributed by atoms with Gasteiger partial charge < -0.3 is 14.7 Å².